The second kappa shape index (κ2) is 3.90. The molecule has 80 valence electrons. The molecule has 0 aromatic heterocycles. The third-order valence-corrected chi connectivity index (χ3v) is 3.36. The highest BCUT2D eigenvalue weighted by Gasteiger charge is 2.31. The Labute approximate surface area is 95.7 Å². The first-order valence-electron chi connectivity index (χ1n) is 5.37. The smallest absolute Gasteiger partial charge is 0.129 e. The maximum Gasteiger partial charge on any atom is 0.129 e. The number of hydrogen-bond acceptors (Lipinski definition) is 1. The average Bonchev–Trinajstić information content (AvgIpc) is 2.29. The Kier molecular flexibility index (Phi) is 2.74. The second-order valence-corrected chi connectivity index (χ2v) is 4.27. The molecular weight excluding hydrogens is 208 g/mol. The largest absolute Gasteiger partial charge is 0.482 e. The molecule has 0 aliphatic carbocycles. The molecule has 0 saturated heterocycles. The van der Waals surface area contributed by atoms with Gasteiger partial charge in [-0.05, 0) is 31.1 Å². The van der Waals surface area contributed by atoms with Gasteiger partial charge < -0.3 is 4.74 Å². The first-order valence-corrected chi connectivity index (χ1v) is 5.75. The lowest BCUT2D eigenvalue weighted by molar-refractivity contribution is 0.108. The minimum atomic E-state index is -0.217. The summed E-state index contributed by atoms with van der Waals surface area (Å²) in [6.45, 7) is 4.25. The molecule has 1 nitrogen and oxygen atoms in total. The van der Waals surface area contributed by atoms with Crippen LogP contribution in [0.3, 0.4) is 0 Å². The van der Waals surface area contributed by atoms with Gasteiger partial charge in [0.25, 0.3) is 0 Å². The molecule has 1 aromatic rings. The number of benzene rings is 1. The fourth-order valence-corrected chi connectivity index (χ4v) is 2.26. The van der Waals surface area contributed by atoms with Crippen LogP contribution < -0.4 is 4.74 Å². The lowest BCUT2D eigenvalue weighted by Crippen LogP contribution is -2.34. The molecule has 0 radical (unpaired) electrons. The maximum atomic E-state index is 6.27. The molecule has 1 aromatic carbocycles. The summed E-state index contributed by atoms with van der Waals surface area (Å²) in [5, 5.41) is 0.806. The lowest BCUT2D eigenvalue weighted by atomic mass is 9.93. The molecular formula is C13H15ClO. The summed E-state index contributed by atoms with van der Waals surface area (Å²) in [5.74, 6) is 0.897. The van der Waals surface area contributed by atoms with Gasteiger partial charge in [0.15, 0.2) is 0 Å². The van der Waals surface area contributed by atoms with E-state index < -0.39 is 0 Å². The van der Waals surface area contributed by atoms with Gasteiger partial charge in [0.1, 0.15) is 11.4 Å². The molecule has 0 atom stereocenters. The summed E-state index contributed by atoms with van der Waals surface area (Å²) in [4.78, 5) is 0. The highest BCUT2D eigenvalue weighted by molar-refractivity contribution is 6.49. The Morgan fingerprint density at radius 2 is 1.87 bits per heavy atom. The summed E-state index contributed by atoms with van der Waals surface area (Å²) < 4.78 is 6.03. The predicted octanol–water partition coefficient (Wildman–Crippen LogP) is 4.22. The standard InChI is InChI=1S/C13H15ClO/c1-3-13(4-2)9-11(14)10-7-5-6-8-12(10)15-13/h5-9H,3-4H2,1-2H3. The quantitative estimate of drug-likeness (QED) is 0.728. The molecule has 0 bridgehead atoms. The van der Waals surface area contributed by atoms with Gasteiger partial charge in [-0.2, -0.15) is 0 Å². The number of hydrogen-bond donors (Lipinski definition) is 0. The zero-order valence-electron chi connectivity index (χ0n) is 9.09. The molecule has 1 aliphatic heterocycles. The molecule has 2 heteroatoms. The number of ether oxygens (including phenoxy) is 1. The molecule has 0 N–H and O–H groups in total. The van der Waals surface area contributed by atoms with E-state index in [1.807, 2.05) is 30.3 Å². The van der Waals surface area contributed by atoms with Crippen molar-refractivity contribution in [3.63, 3.8) is 0 Å². The molecule has 2 rings (SSSR count). The summed E-state index contributed by atoms with van der Waals surface area (Å²) in [7, 11) is 0. The number of halogens is 1. The molecule has 0 spiro atoms. The van der Waals surface area contributed by atoms with Crippen LogP contribution in [0, 0.1) is 0 Å². The molecule has 0 saturated carbocycles. The average molecular weight is 223 g/mol. The van der Waals surface area contributed by atoms with Crippen LogP contribution in [0.4, 0.5) is 0 Å². The molecule has 1 heterocycles. The minimum Gasteiger partial charge on any atom is -0.482 e. The van der Waals surface area contributed by atoms with E-state index in [9.17, 15) is 0 Å². The third kappa shape index (κ3) is 1.76. The van der Waals surface area contributed by atoms with E-state index in [4.69, 9.17) is 16.3 Å². The molecule has 0 unspecified atom stereocenters. The minimum absolute atomic E-state index is 0.217. The van der Waals surface area contributed by atoms with Crippen molar-refractivity contribution in [3.05, 3.63) is 35.9 Å². The first kappa shape index (κ1) is 10.6. The van der Waals surface area contributed by atoms with E-state index >= 15 is 0 Å². The molecule has 0 amide bonds. The normalized spacial score (nSPS) is 17.7. The maximum absolute atomic E-state index is 6.27. The third-order valence-electron chi connectivity index (χ3n) is 3.04. The van der Waals surface area contributed by atoms with Crippen molar-refractivity contribution >= 4 is 16.6 Å². The van der Waals surface area contributed by atoms with Crippen LogP contribution in [0.2, 0.25) is 0 Å². The van der Waals surface area contributed by atoms with Crippen molar-refractivity contribution in [2.75, 3.05) is 0 Å². The molecule has 15 heavy (non-hydrogen) atoms. The number of fused-ring (bicyclic) bond motifs is 1. The van der Waals surface area contributed by atoms with Crippen LogP contribution in [0.15, 0.2) is 30.3 Å². The van der Waals surface area contributed by atoms with Crippen molar-refractivity contribution in [2.45, 2.75) is 32.3 Å². The lowest BCUT2D eigenvalue weighted by Gasteiger charge is -2.34. The van der Waals surface area contributed by atoms with Crippen LogP contribution >= 0.6 is 11.6 Å². The van der Waals surface area contributed by atoms with Gasteiger partial charge in [0.05, 0.1) is 5.03 Å². The van der Waals surface area contributed by atoms with E-state index in [2.05, 4.69) is 13.8 Å². The van der Waals surface area contributed by atoms with Gasteiger partial charge >= 0.3 is 0 Å². The SMILES string of the molecule is CCC1(CC)C=C(Cl)c2ccccc2O1. The summed E-state index contributed by atoms with van der Waals surface area (Å²) >= 11 is 6.27. The van der Waals surface area contributed by atoms with Crippen LogP contribution in [-0.4, -0.2) is 5.60 Å². The van der Waals surface area contributed by atoms with Gasteiger partial charge in [-0.3, -0.25) is 0 Å². The molecule has 0 fully saturated rings. The van der Waals surface area contributed by atoms with Gasteiger partial charge in [-0.1, -0.05) is 37.6 Å². The predicted molar refractivity (Wildman–Crippen MR) is 64.2 cm³/mol. The Hall–Kier alpha value is -0.950. The summed E-state index contributed by atoms with van der Waals surface area (Å²) in [6.07, 6.45) is 3.92. The summed E-state index contributed by atoms with van der Waals surface area (Å²) in [5.41, 5.74) is 0.780. The Morgan fingerprint density at radius 3 is 2.53 bits per heavy atom. The van der Waals surface area contributed by atoms with E-state index in [1.54, 1.807) is 0 Å². The Balaban J connectivity index is 2.48. The van der Waals surface area contributed by atoms with Crippen molar-refractivity contribution in [3.8, 4) is 5.75 Å². The molecule has 1 aliphatic rings. The highest BCUT2D eigenvalue weighted by atomic mass is 35.5. The van der Waals surface area contributed by atoms with Gasteiger partial charge in [0, 0.05) is 5.56 Å². The van der Waals surface area contributed by atoms with Crippen LogP contribution in [0.25, 0.3) is 5.03 Å². The second-order valence-electron chi connectivity index (χ2n) is 3.86. The zero-order chi connectivity index (χ0) is 10.9. The Morgan fingerprint density at radius 1 is 1.20 bits per heavy atom. The van der Waals surface area contributed by atoms with Crippen molar-refractivity contribution in [1.82, 2.24) is 0 Å². The van der Waals surface area contributed by atoms with Crippen molar-refractivity contribution in [1.29, 1.82) is 0 Å². The van der Waals surface area contributed by atoms with Gasteiger partial charge in [-0.15, -0.1) is 0 Å². The van der Waals surface area contributed by atoms with Gasteiger partial charge in [-0.25, -0.2) is 0 Å². The van der Waals surface area contributed by atoms with Crippen LogP contribution in [0.1, 0.15) is 32.3 Å². The number of para-hydroxylation sites is 1. The monoisotopic (exact) mass is 222 g/mol. The first-order chi connectivity index (χ1) is 7.21. The van der Waals surface area contributed by atoms with Crippen molar-refractivity contribution in [2.24, 2.45) is 0 Å². The van der Waals surface area contributed by atoms with E-state index in [0.29, 0.717) is 0 Å². The van der Waals surface area contributed by atoms with Crippen LogP contribution in [0.5, 0.6) is 5.75 Å². The van der Waals surface area contributed by atoms with E-state index in [1.165, 1.54) is 0 Å². The fraction of sp³-hybridized carbons (Fsp3) is 0.385. The van der Waals surface area contributed by atoms with E-state index in [0.717, 1.165) is 29.2 Å². The van der Waals surface area contributed by atoms with Crippen LogP contribution in [-0.2, 0) is 0 Å². The highest BCUT2D eigenvalue weighted by Crippen LogP contribution is 2.40. The summed E-state index contributed by atoms with van der Waals surface area (Å²) in [6, 6.07) is 7.92. The topological polar surface area (TPSA) is 9.23 Å². The van der Waals surface area contributed by atoms with E-state index in [-0.39, 0.29) is 5.60 Å². The fourth-order valence-electron chi connectivity index (χ4n) is 1.91. The van der Waals surface area contributed by atoms with Gasteiger partial charge in [0.2, 0.25) is 0 Å². The Bertz CT molecular complexity index is 391. The number of rotatable bonds is 2. The zero-order valence-corrected chi connectivity index (χ0v) is 9.84. The van der Waals surface area contributed by atoms with Crippen molar-refractivity contribution < 1.29 is 4.74 Å².